The van der Waals surface area contributed by atoms with Crippen LogP contribution in [0.15, 0.2) is 48.8 Å². The lowest BCUT2D eigenvalue weighted by molar-refractivity contribution is 0.0664. The van der Waals surface area contributed by atoms with Crippen molar-refractivity contribution in [2.75, 3.05) is 44.7 Å². The van der Waals surface area contributed by atoms with Gasteiger partial charge in [-0.3, -0.25) is 4.79 Å². The maximum absolute atomic E-state index is 12.7. The standard InChI is InChI=1S/C22H25N7O2/c1-28-8-10-29(11-9-28)22(30)17-4-2-16(3-5-17)18-13-26-20(24)21(27-18)31-14-15-6-7-25-19(23)12-15/h2-7,12-13H,8-11,14H2,1H3,(H2,23,25)(H2,24,26). The molecule has 9 nitrogen and oxygen atoms in total. The van der Waals surface area contributed by atoms with E-state index in [9.17, 15) is 4.79 Å². The van der Waals surface area contributed by atoms with Gasteiger partial charge in [-0.2, -0.15) is 0 Å². The number of carbonyl (C=O) groups is 1. The minimum atomic E-state index is 0.0451. The number of hydrogen-bond acceptors (Lipinski definition) is 8. The minimum Gasteiger partial charge on any atom is -0.470 e. The molecule has 1 aromatic carbocycles. The highest BCUT2D eigenvalue weighted by molar-refractivity contribution is 5.94. The van der Waals surface area contributed by atoms with Crippen LogP contribution in [0.25, 0.3) is 11.3 Å². The van der Waals surface area contributed by atoms with E-state index in [2.05, 4.69) is 26.9 Å². The lowest BCUT2D eigenvalue weighted by atomic mass is 10.1. The number of hydrogen-bond donors (Lipinski definition) is 2. The summed E-state index contributed by atoms with van der Waals surface area (Å²) < 4.78 is 5.74. The number of carbonyl (C=O) groups excluding carboxylic acids is 1. The van der Waals surface area contributed by atoms with Crippen molar-refractivity contribution in [1.29, 1.82) is 0 Å². The molecular weight excluding hydrogens is 394 g/mol. The summed E-state index contributed by atoms with van der Waals surface area (Å²) in [5.41, 5.74) is 14.6. The van der Waals surface area contributed by atoms with Gasteiger partial charge < -0.3 is 26.0 Å². The highest BCUT2D eigenvalue weighted by Crippen LogP contribution is 2.24. The quantitative estimate of drug-likeness (QED) is 0.640. The topological polar surface area (TPSA) is 123 Å². The largest absolute Gasteiger partial charge is 0.470 e. The van der Waals surface area contributed by atoms with E-state index < -0.39 is 0 Å². The summed E-state index contributed by atoms with van der Waals surface area (Å²) in [5.74, 6) is 0.905. The molecule has 31 heavy (non-hydrogen) atoms. The number of nitrogen functional groups attached to an aromatic ring is 2. The van der Waals surface area contributed by atoms with Gasteiger partial charge in [0, 0.05) is 43.5 Å². The molecule has 0 bridgehead atoms. The maximum Gasteiger partial charge on any atom is 0.258 e. The van der Waals surface area contributed by atoms with E-state index in [1.54, 1.807) is 24.5 Å². The molecular formula is C22H25N7O2. The van der Waals surface area contributed by atoms with Crippen LogP contribution in [0, 0.1) is 0 Å². The van der Waals surface area contributed by atoms with Gasteiger partial charge in [0.1, 0.15) is 12.4 Å². The van der Waals surface area contributed by atoms with Crippen LogP contribution >= 0.6 is 0 Å². The van der Waals surface area contributed by atoms with Crippen LogP contribution in [0.1, 0.15) is 15.9 Å². The van der Waals surface area contributed by atoms with Crippen molar-refractivity contribution in [2.24, 2.45) is 0 Å². The van der Waals surface area contributed by atoms with Crippen LogP contribution in [0.4, 0.5) is 11.6 Å². The number of pyridine rings is 1. The number of piperazine rings is 1. The third kappa shape index (κ3) is 4.89. The van der Waals surface area contributed by atoms with E-state index >= 15 is 0 Å². The molecule has 1 aliphatic rings. The number of rotatable bonds is 5. The molecule has 0 spiro atoms. The van der Waals surface area contributed by atoms with Gasteiger partial charge in [0.25, 0.3) is 11.8 Å². The monoisotopic (exact) mass is 419 g/mol. The smallest absolute Gasteiger partial charge is 0.258 e. The zero-order valence-electron chi connectivity index (χ0n) is 17.4. The second-order valence-electron chi connectivity index (χ2n) is 7.50. The molecule has 0 saturated carbocycles. The van der Waals surface area contributed by atoms with E-state index in [1.807, 2.05) is 29.2 Å². The SMILES string of the molecule is CN1CCN(C(=O)c2ccc(-c3cnc(N)c(OCc4ccnc(N)c4)n3)cc2)CC1. The van der Waals surface area contributed by atoms with E-state index in [0.29, 0.717) is 17.1 Å². The first kappa shape index (κ1) is 20.5. The summed E-state index contributed by atoms with van der Waals surface area (Å²) in [6, 6.07) is 10.9. The Morgan fingerprint density at radius 2 is 1.81 bits per heavy atom. The van der Waals surface area contributed by atoms with Crippen LogP contribution in [0.5, 0.6) is 5.88 Å². The predicted octanol–water partition coefficient (Wildman–Crippen LogP) is 1.67. The summed E-state index contributed by atoms with van der Waals surface area (Å²) >= 11 is 0. The number of aromatic nitrogens is 3. The average molecular weight is 419 g/mol. The fraction of sp³-hybridized carbons (Fsp3) is 0.273. The van der Waals surface area contributed by atoms with E-state index in [0.717, 1.165) is 37.3 Å². The number of nitrogens with zero attached hydrogens (tertiary/aromatic N) is 5. The molecule has 3 heterocycles. The van der Waals surface area contributed by atoms with Gasteiger partial charge in [-0.25, -0.2) is 15.0 Å². The molecule has 3 aromatic rings. The Morgan fingerprint density at radius 3 is 2.52 bits per heavy atom. The predicted molar refractivity (Wildman–Crippen MR) is 118 cm³/mol. The summed E-state index contributed by atoms with van der Waals surface area (Å²) in [7, 11) is 2.06. The zero-order chi connectivity index (χ0) is 21.8. The van der Waals surface area contributed by atoms with Crippen molar-refractivity contribution < 1.29 is 9.53 Å². The number of nitrogens with two attached hydrogens (primary N) is 2. The number of ether oxygens (including phenoxy) is 1. The molecule has 0 atom stereocenters. The van der Waals surface area contributed by atoms with Crippen molar-refractivity contribution in [3.05, 3.63) is 59.9 Å². The normalized spacial score (nSPS) is 14.4. The number of benzene rings is 1. The van der Waals surface area contributed by atoms with Gasteiger partial charge in [-0.15, -0.1) is 0 Å². The molecule has 0 radical (unpaired) electrons. The first-order valence-corrected chi connectivity index (χ1v) is 10.0. The van der Waals surface area contributed by atoms with Gasteiger partial charge >= 0.3 is 0 Å². The van der Waals surface area contributed by atoms with Crippen LogP contribution in [0.2, 0.25) is 0 Å². The number of anilines is 2. The van der Waals surface area contributed by atoms with Gasteiger partial charge in [-0.1, -0.05) is 12.1 Å². The van der Waals surface area contributed by atoms with Crippen LogP contribution in [0.3, 0.4) is 0 Å². The Hall–Kier alpha value is -3.72. The van der Waals surface area contributed by atoms with Crippen LogP contribution in [-0.2, 0) is 6.61 Å². The third-order valence-electron chi connectivity index (χ3n) is 5.21. The summed E-state index contributed by atoms with van der Waals surface area (Å²) in [6.07, 6.45) is 3.20. The highest BCUT2D eigenvalue weighted by Gasteiger charge is 2.20. The molecule has 1 aliphatic heterocycles. The minimum absolute atomic E-state index is 0.0451. The van der Waals surface area contributed by atoms with E-state index in [1.165, 1.54) is 0 Å². The molecule has 4 N–H and O–H groups in total. The van der Waals surface area contributed by atoms with Gasteiger partial charge in [-0.05, 0) is 36.9 Å². The molecule has 160 valence electrons. The maximum atomic E-state index is 12.7. The van der Waals surface area contributed by atoms with Crippen molar-refractivity contribution in [3.63, 3.8) is 0 Å². The average Bonchev–Trinajstić information content (AvgIpc) is 2.79. The molecule has 1 fully saturated rings. The van der Waals surface area contributed by atoms with Gasteiger partial charge in [0.2, 0.25) is 0 Å². The summed E-state index contributed by atoms with van der Waals surface area (Å²) in [4.78, 5) is 29.5. The molecule has 0 aliphatic carbocycles. The highest BCUT2D eigenvalue weighted by atomic mass is 16.5. The third-order valence-corrected chi connectivity index (χ3v) is 5.21. The first-order valence-electron chi connectivity index (χ1n) is 10.0. The Labute approximate surface area is 180 Å². The lowest BCUT2D eigenvalue weighted by Gasteiger charge is -2.32. The van der Waals surface area contributed by atoms with Crippen molar-refractivity contribution >= 4 is 17.5 Å². The van der Waals surface area contributed by atoms with Crippen LogP contribution < -0.4 is 16.2 Å². The van der Waals surface area contributed by atoms with E-state index in [-0.39, 0.29) is 24.2 Å². The Kier molecular flexibility index (Phi) is 5.94. The Balaban J connectivity index is 1.46. The van der Waals surface area contributed by atoms with E-state index in [4.69, 9.17) is 16.2 Å². The molecule has 0 unspecified atom stereocenters. The molecule has 9 heteroatoms. The lowest BCUT2D eigenvalue weighted by Crippen LogP contribution is -2.47. The van der Waals surface area contributed by atoms with Crippen molar-refractivity contribution in [2.45, 2.75) is 6.61 Å². The fourth-order valence-electron chi connectivity index (χ4n) is 3.34. The van der Waals surface area contributed by atoms with Gasteiger partial charge in [0.15, 0.2) is 5.82 Å². The Bertz CT molecular complexity index is 1060. The zero-order valence-corrected chi connectivity index (χ0v) is 17.4. The molecule has 2 aromatic heterocycles. The molecule has 1 saturated heterocycles. The summed E-state index contributed by atoms with van der Waals surface area (Å²) in [6.45, 7) is 3.50. The first-order chi connectivity index (χ1) is 15.0. The summed E-state index contributed by atoms with van der Waals surface area (Å²) in [5, 5.41) is 0. The Morgan fingerprint density at radius 1 is 1.06 bits per heavy atom. The second-order valence-corrected chi connectivity index (χ2v) is 7.50. The van der Waals surface area contributed by atoms with Gasteiger partial charge in [0.05, 0.1) is 11.9 Å². The molecule has 1 amide bonds. The molecule has 4 rings (SSSR count). The second kappa shape index (κ2) is 8.97. The van der Waals surface area contributed by atoms with Crippen LogP contribution in [-0.4, -0.2) is 63.9 Å². The van der Waals surface area contributed by atoms with Crippen molar-refractivity contribution in [1.82, 2.24) is 24.8 Å². The fourth-order valence-corrected chi connectivity index (χ4v) is 3.34. The van der Waals surface area contributed by atoms with Crippen molar-refractivity contribution in [3.8, 4) is 17.1 Å². The number of amides is 1. The number of likely N-dealkylation sites (N-methyl/N-ethyl adjacent to an activating group) is 1.